The van der Waals surface area contributed by atoms with Gasteiger partial charge in [-0.05, 0) is 43.4 Å². The Morgan fingerprint density at radius 1 is 1.27 bits per heavy atom. The minimum Gasteiger partial charge on any atom is -0.342 e. The summed E-state index contributed by atoms with van der Waals surface area (Å²) in [5.41, 5.74) is 1.04. The number of carbonyl (C=O) groups is 2. The number of amides is 2. The molecule has 2 amide bonds. The molecule has 2 aliphatic rings. The van der Waals surface area contributed by atoms with Crippen LogP contribution in [0.5, 0.6) is 0 Å². The Balaban J connectivity index is 1.64. The molecule has 0 spiro atoms. The van der Waals surface area contributed by atoms with E-state index in [0.717, 1.165) is 31.5 Å². The number of benzene rings is 1. The summed E-state index contributed by atoms with van der Waals surface area (Å²) < 4.78 is 0. The molecule has 0 aliphatic carbocycles. The molecule has 0 radical (unpaired) electrons. The first-order chi connectivity index (χ1) is 14.3. The van der Waals surface area contributed by atoms with Crippen molar-refractivity contribution in [2.75, 3.05) is 28.6 Å². The average Bonchev–Trinajstić information content (AvgIpc) is 2.71. The van der Waals surface area contributed by atoms with Crippen molar-refractivity contribution < 1.29 is 9.59 Å². The van der Waals surface area contributed by atoms with Gasteiger partial charge in [0.1, 0.15) is 5.82 Å². The second kappa shape index (κ2) is 8.10. The van der Waals surface area contributed by atoms with Gasteiger partial charge >= 0.3 is 0 Å². The molecular weight excluding hydrogens is 406 g/mol. The van der Waals surface area contributed by atoms with Gasteiger partial charge < -0.3 is 15.5 Å². The van der Waals surface area contributed by atoms with E-state index >= 15 is 0 Å². The fourth-order valence-corrected chi connectivity index (χ4v) is 4.09. The summed E-state index contributed by atoms with van der Waals surface area (Å²) in [7, 11) is 0. The van der Waals surface area contributed by atoms with Crippen LogP contribution in [0.2, 0.25) is 5.02 Å². The van der Waals surface area contributed by atoms with Crippen molar-refractivity contribution >= 4 is 40.9 Å². The van der Waals surface area contributed by atoms with Gasteiger partial charge in [-0.3, -0.25) is 19.4 Å². The molecule has 0 saturated carbocycles. The number of piperidine rings is 1. The first kappa shape index (κ1) is 20.4. The van der Waals surface area contributed by atoms with E-state index in [-0.39, 0.29) is 23.7 Å². The number of aromatic nitrogens is 2. The van der Waals surface area contributed by atoms with E-state index in [1.165, 1.54) is 0 Å². The van der Waals surface area contributed by atoms with Crippen LogP contribution in [0.4, 0.5) is 17.5 Å². The summed E-state index contributed by atoms with van der Waals surface area (Å²) in [4.78, 5) is 47.5. The first-order valence-electron chi connectivity index (χ1n) is 10.1. The van der Waals surface area contributed by atoms with Crippen molar-refractivity contribution in [3.8, 4) is 0 Å². The maximum absolute atomic E-state index is 13.0. The summed E-state index contributed by atoms with van der Waals surface area (Å²) in [6.45, 7) is 5.56. The van der Waals surface area contributed by atoms with E-state index < -0.39 is 17.4 Å². The number of carbonyl (C=O) groups excluding carboxylic acids is 2. The molecule has 1 aromatic carbocycles. The number of fused-ring (bicyclic) bond motifs is 1. The highest BCUT2D eigenvalue weighted by atomic mass is 35.5. The van der Waals surface area contributed by atoms with Crippen LogP contribution < -0.4 is 21.1 Å². The SMILES string of the molecule is Cc1c(Cl)cccc1NC(=O)[C@@H]1CC(=O)Nc2nc(N3CCC(C)CC3)[nH]c(=O)c21. The number of hydrogen-bond donors (Lipinski definition) is 3. The summed E-state index contributed by atoms with van der Waals surface area (Å²) in [6.07, 6.45) is 1.90. The lowest BCUT2D eigenvalue weighted by molar-refractivity contribution is -0.123. The zero-order valence-corrected chi connectivity index (χ0v) is 17.7. The van der Waals surface area contributed by atoms with E-state index in [9.17, 15) is 14.4 Å². The van der Waals surface area contributed by atoms with Crippen LogP contribution in [-0.4, -0.2) is 34.9 Å². The number of nitrogens with one attached hydrogen (secondary N) is 3. The molecule has 1 atom stereocenters. The van der Waals surface area contributed by atoms with Gasteiger partial charge in [-0.1, -0.05) is 24.6 Å². The van der Waals surface area contributed by atoms with Crippen molar-refractivity contribution in [3.05, 3.63) is 44.7 Å². The van der Waals surface area contributed by atoms with Crippen LogP contribution in [0.3, 0.4) is 0 Å². The number of rotatable bonds is 3. The molecule has 0 bridgehead atoms. The van der Waals surface area contributed by atoms with Gasteiger partial charge in [0.2, 0.25) is 17.8 Å². The zero-order valence-electron chi connectivity index (χ0n) is 16.9. The Kier molecular flexibility index (Phi) is 5.51. The summed E-state index contributed by atoms with van der Waals surface area (Å²) in [5, 5.41) is 5.98. The van der Waals surface area contributed by atoms with Crippen molar-refractivity contribution in [2.24, 2.45) is 5.92 Å². The predicted octanol–water partition coefficient (Wildman–Crippen LogP) is 3.03. The van der Waals surface area contributed by atoms with Crippen molar-refractivity contribution in [2.45, 2.75) is 39.0 Å². The highest BCUT2D eigenvalue weighted by Gasteiger charge is 2.35. The molecule has 1 fully saturated rings. The summed E-state index contributed by atoms with van der Waals surface area (Å²) >= 11 is 6.13. The second-order valence-electron chi connectivity index (χ2n) is 8.03. The van der Waals surface area contributed by atoms with Gasteiger partial charge in [0.15, 0.2) is 0 Å². The number of hydrogen-bond acceptors (Lipinski definition) is 5. The Labute approximate surface area is 179 Å². The van der Waals surface area contributed by atoms with Crippen molar-refractivity contribution in [1.29, 1.82) is 0 Å². The molecule has 3 N–H and O–H groups in total. The van der Waals surface area contributed by atoms with Gasteiger partial charge in [-0.25, -0.2) is 0 Å². The van der Waals surface area contributed by atoms with Crippen LogP contribution in [0.15, 0.2) is 23.0 Å². The molecule has 1 aromatic heterocycles. The molecule has 2 aromatic rings. The summed E-state index contributed by atoms with van der Waals surface area (Å²) in [6, 6.07) is 5.19. The highest BCUT2D eigenvalue weighted by molar-refractivity contribution is 6.31. The topological polar surface area (TPSA) is 107 Å². The van der Waals surface area contributed by atoms with Crippen molar-refractivity contribution in [3.63, 3.8) is 0 Å². The maximum atomic E-state index is 13.0. The Bertz CT molecular complexity index is 1060. The van der Waals surface area contributed by atoms with Crippen LogP contribution in [0, 0.1) is 12.8 Å². The molecule has 2 aliphatic heterocycles. The molecule has 4 rings (SSSR count). The zero-order chi connectivity index (χ0) is 21.4. The monoisotopic (exact) mass is 429 g/mol. The quantitative estimate of drug-likeness (QED) is 0.695. The third kappa shape index (κ3) is 3.92. The lowest BCUT2D eigenvalue weighted by Gasteiger charge is -2.31. The van der Waals surface area contributed by atoms with Crippen LogP contribution in [-0.2, 0) is 9.59 Å². The van der Waals surface area contributed by atoms with Crippen LogP contribution in [0.25, 0.3) is 0 Å². The van der Waals surface area contributed by atoms with E-state index in [2.05, 4.69) is 27.5 Å². The number of H-pyrrole nitrogens is 1. The molecule has 8 nitrogen and oxygen atoms in total. The first-order valence-corrected chi connectivity index (χ1v) is 10.5. The van der Waals surface area contributed by atoms with Gasteiger partial charge in [0.25, 0.3) is 5.56 Å². The standard InChI is InChI=1S/C21H24ClN5O3/c1-11-6-8-27(9-7-11)21-25-18-17(20(30)26-21)13(10-16(28)24-18)19(29)23-15-5-3-4-14(22)12(15)2/h3-5,11,13H,6-10H2,1-2H3,(H,23,29)(H2,24,25,26,28,30)/t13-/m1/s1. The van der Waals surface area contributed by atoms with Crippen LogP contribution in [0.1, 0.15) is 43.2 Å². The molecule has 158 valence electrons. The van der Waals surface area contributed by atoms with Gasteiger partial charge in [0.05, 0.1) is 11.5 Å². The van der Waals surface area contributed by atoms with Crippen LogP contribution >= 0.6 is 11.6 Å². The average molecular weight is 430 g/mol. The van der Waals surface area contributed by atoms with E-state index in [1.54, 1.807) is 25.1 Å². The molecule has 30 heavy (non-hydrogen) atoms. The Hall–Kier alpha value is -2.87. The lowest BCUT2D eigenvalue weighted by atomic mass is 9.92. The fourth-order valence-electron chi connectivity index (χ4n) is 3.92. The van der Waals surface area contributed by atoms with E-state index in [4.69, 9.17) is 11.6 Å². The largest absolute Gasteiger partial charge is 0.342 e. The predicted molar refractivity (Wildman–Crippen MR) is 116 cm³/mol. The molecule has 9 heteroatoms. The Morgan fingerprint density at radius 2 is 2.00 bits per heavy atom. The van der Waals surface area contributed by atoms with Gasteiger partial charge in [-0.2, -0.15) is 4.98 Å². The number of nitrogens with zero attached hydrogens (tertiary/aromatic N) is 2. The van der Waals surface area contributed by atoms with Gasteiger partial charge in [-0.15, -0.1) is 0 Å². The van der Waals surface area contributed by atoms with E-state index in [0.29, 0.717) is 22.6 Å². The normalized spacial score (nSPS) is 19.2. The minimum atomic E-state index is -0.932. The lowest BCUT2D eigenvalue weighted by Crippen LogP contribution is -2.39. The highest BCUT2D eigenvalue weighted by Crippen LogP contribution is 2.32. The van der Waals surface area contributed by atoms with Gasteiger partial charge in [0, 0.05) is 30.2 Å². The fraction of sp³-hybridized carbons (Fsp3) is 0.429. The third-order valence-electron chi connectivity index (χ3n) is 5.86. The number of aromatic amines is 1. The molecule has 0 unspecified atom stereocenters. The minimum absolute atomic E-state index is 0.121. The summed E-state index contributed by atoms with van der Waals surface area (Å²) in [5.74, 6) is -0.499. The molecular formula is C21H24ClN5O3. The van der Waals surface area contributed by atoms with Crippen molar-refractivity contribution in [1.82, 2.24) is 9.97 Å². The maximum Gasteiger partial charge on any atom is 0.258 e. The Morgan fingerprint density at radius 3 is 2.73 bits per heavy atom. The second-order valence-corrected chi connectivity index (χ2v) is 8.44. The van der Waals surface area contributed by atoms with E-state index in [1.807, 2.05) is 4.90 Å². The number of halogens is 1. The number of anilines is 3. The molecule has 1 saturated heterocycles. The third-order valence-corrected chi connectivity index (χ3v) is 6.27. The smallest absolute Gasteiger partial charge is 0.258 e. The molecule has 3 heterocycles.